The first-order chi connectivity index (χ1) is 9.09. The number of hydrogen-bond acceptors (Lipinski definition) is 2. The summed E-state index contributed by atoms with van der Waals surface area (Å²) in [7, 11) is 0. The number of piperidine rings is 1. The number of carbonyl (C=O) groups is 1. The maximum atomic E-state index is 12.3. The zero-order valence-corrected chi connectivity index (χ0v) is 11.7. The van der Waals surface area contributed by atoms with Gasteiger partial charge in [-0.2, -0.15) is 0 Å². The molecule has 102 valence electrons. The summed E-state index contributed by atoms with van der Waals surface area (Å²) in [6.07, 6.45) is 3.69. The first-order valence-electron chi connectivity index (χ1n) is 7.22. The number of amides is 1. The van der Waals surface area contributed by atoms with Gasteiger partial charge in [0.2, 0.25) is 5.91 Å². The number of aryl methyl sites for hydroxylation is 1. The van der Waals surface area contributed by atoms with Crippen LogP contribution < -0.4 is 5.73 Å². The van der Waals surface area contributed by atoms with Crippen LogP contribution in [0.25, 0.3) is 0 Å². The Morgan fingerprint density at radius 3 is 2.63 bits per heavy atom. The van der Waals surface area contributed by atoms with Gasteiger partial charge in [-0.15, -0.1) is 0 Å². The molecule has 19 heavy (non-hydrogen) atoms. The predicted octanol–water partition coefficient (Wildman–Crippen LogP) is 2.46. The summed E-state index contributed by atoms with van der Waals surface area (Å²) < 4.78 is 0. The van der Waals surface area contributed by atoms with E-state index in [0.717, 1.165) is 19.3 Å². The predicted molar refractivity (Wildman–Crippen MR) is 75.7 cm³/mol. The minimum absolute atomic E-state index is 0.0683. The molecule has 1 aliphatic heterocycles. The van der Waals surface area contributed by atoms with Gasteiger partial charge in [0.15, 0.2) is 0 Å². The lowest BCUT2D eigenvalue weighted by atomic mass is 9.87. The van der Waals surface area contributed by atoms with Gasteiger partial charge in [0.1, 0.15) is 0 Å². The molecule has 2 N–H and O–H groups in total. The molecular weight excluding hydrogens is 236 g/mol. The summed E-state index contributed by atoms with van der Waals surface area (Å²) in [5.41, 5.74) is 10.2. The second kappa shape index (κ2) is 4.64. The maximum absolute atomic E-state index is 12.3. The van der Waals surface area contributed by atoms with E-state index in [1.165, 1.54) is 16.7 Å². The van der Waals surface area contributed by atoms with Crippen molar-refractivity contribution >= 4 is 5.91 Å². The molecular formula is C16H22N2O. The highest BCUT2D eigenvalue weighted by Gasteiger charge is 2.43. The van der Waals surface area contributed by atoms with Gasteiger partial charge in [-0.3, -0.25) is 4.79 Å². The van der Waals surface area contributed by atoms with Crippen LogP contribution >= 0.6 is 0 Å². The van der Waals surface area contributed by atoms with E-state index in [0.29, 0.717) is 12.5 Å². The SMILES string of the molecule is Cc1cccc(C2C(N)CCC(=O)N2C2CC2)c1C. The quantitative estimate of drug-likeness (QED) is 0.885. The Labute approximate surface area is 114 Å². The molecule has 0 spiro atoms. The summed E-state index contributed by atoms with van der Waals surface area (Å²) in [5.74, 6) is 0.287. The standard InChI is InChI=1S/C16H22N2O/c1-10-4-3-5-13(11(10)2)16-14(17)8-9-15(19)18(16)12-6-7-12/h3-5,12,14,16H,6-9,17H2,1-2H3. The molecule has 1 saturated carbocycles. The number of nitrogens with two attached hydrogens (primary N) is 1. The minimum atomic E-state index is 0.0683. The highest BCUT2D eigenvalue weighted by molar-refractivity contribution is 5.78. The third kappa shape index (κ3) is 2.16. The summed E-state index contributed by atoms with van der Waals surface area (Å²) >= 11 is 0. The number of carbonyl (C=O) groups excluding carboxylic acids is 1. The first kappa shape index (κ1) is 12.7. The highest BCUT2D eigenvalue weighted by Crippen LogP contribution is 2.41. The average molecular weight is 258 g/mol. The molecule has 1 aliphatic carbocycles. The Hall–Kier alpha value is -1.35. The molecule has 1 aromatic rings. The van der Waals surface area contributed by atoms with Gasteiger partial charge < -0.3 is 10.6 Å². The van der Waals surface area contributed by atoms with Crippen molar-refractivity contribution in [2.45, 2.75) is 57.7 Å². The number of benzene rings is 1. The van der Waals surface area contributed by atoms with Crippen LogP contribution in [0.5, 0.6) is 0 Å². The van der Waals surface area contributed by atoms with Crippen LogP contribution in [0, 0.1) is 13.8 Å². The topological polar surface area (TPSA) is 46.3 Å². The third-order valence-electron chi connectivity index (χ3n) is 4.59. The normalized spacial score (nSPS) is 27.7. The van der Waals surface area contributed by atoms with Gasteiger partial charge in [0.25, 0.3) is 0 Å². The lowest BCUT2D eigenvalue weighted by Crippen LogP contribution is -2.50. The van der Waals surface area contributed by atoms with Crippen molar-refractivity contribution < 1.29 is 4.79 Å². The summed E-state index contributed by atoms with van der Waals surface area (Å²) in [6, 6.07) is 6.92. The van der Waals surface area contributed by atoms with Gasteiger partial charge in [-0.05, 0) is 49.8 Å². The van der Waals surface area contributed by atoms with E-state index < -0.39 is 0 Å². The molecule has 3 nitrogen and oxygen atoms in total. The molecule has 1 aromatic carbocycles. The molecule has 0 radical (unpaired) electrons. The fourth-order valence-corrected chi connectivity index (χ4v) is 3.20. The summed E-state index contributed by atoms with van der Waals surface area (Å²) in [4.78, 5) is 14.4. The van der Waals surface area contributed by atoms with Gasteiger partial charge in [0.05, 0.1) is 6.04 Å². The van der Waals surface area contributed by atoms with E-state index in [-0.39, 0.29) is 18.0 Å². The summed E-state index contributed by atoms with van der Waals surface area (Å²) in [5, 5.41) is 0. The van der Waals surface area contributed by atoms with Crippen LogP contribution in [0.3, 0.4) is 0 Å². The van der Waals surface area contributed by atoms with Crippen molar-refractivity contribution in [1.82, 2.24) is 4.90 Å². The van der Waals surface area contributed by atoms with Crippen LogP contribution in [0.15, 0.2) is 18.2 Å². The lowest BCUT2D eigenvalue weighted by molar-refractivity contribution is -0.138. The molecule has 1 amide bonds. The summed E-state index contributed by atoms with van der Waals surface area (Å²) in [6.45, 7) is 4.26. The smallest absolute Gasteiger partial charge is 0.223 e. The molecule has 1 heterocycles. The first-order valence-corrected chi connectivity index (χ1v) is 7.22. The van der Waals surface area contributed by atoms with Crippen LogP contribution in [-0.4, -0.2) is 22.9 Å². The molecule has 0 aromatic heterocycles. The molecule has 2 atom stereocenters. The van der Waals surface area contributed by atoms with E-state index in [1.807, 2.05) is 0 Å². The van der Waals surface area contributed by atoms with E-state index in [9.17, 15) is 4.79 Å². The monoisotopic (exact) mass is 258 g/mol. The Morgan fingerprint density at radius 2 is 1.95 bits per heavy atom. The molecule has 2 unspecified atom stereocenters. The zero-order chi connectivity index (χ0) is 13.6. The van der Waals surface area contributed by atoms with Crippen molar-refractivity contribution in [3.05, 3.63) is 34.9 Å². The van der Waals surface area contributed by atoms with Gasteiger partial charge in [-0.1, -0.05) is 18.2 Å². The Morgan fingerprint density at radius 1 is 1.21 bits per heavy atom. The van der Waals surface area contributed by atoms with E-state index >= 15 is 0 Å². The fraction of sp³-hybridized carbons (Fsp3) is 0.562. The molecule has 0 bridgehead atoms. The highest BCUT2D eigenvalue weighted by atomic mass is 16.2. The van der Waals surface area contributed by atoms with Crippen LogP contribution in [-0.2, 0) is 4.79 Å². The largest absolute Gasteiger partial charge is 0.331 e. The third-order valence-corrected chi connectivity index (χ3v) is 4.59. The second-order valence-corrected chi connectivity index (χ2v) is 5.97. The van der Waals surface area contributed by atoms with E-state index in [2.05, 4.69) is 36.9 Å². The van der Waals surface area contributed by atoms with Crippen LogP contribution in [0.2, 0.25) is 0 Å². The van der Waals surface area contributed by atoms with Crippen molar-refractivity contribution in [3.63, 3.8) is 0 Å². The van der Waals surface area contributed by atoms with Crippen LogP contribution in [0.1, 0.15) is 48.4 Å². The maximum Gasteiger partial charge on any atom is 0.223 e. The van der Waals surface area contributed by atoms with Crippen LogP contribution in [0.4, 0.5) is 0 Å². The second-order valence-electron chi connectivity index (χ2n) is 5.97. The number of hydrogen-bond donors (Lipinski definition) is 1. The Kier molecular flexibility index (Phi) is 3.09. The molecule has 2 fully saturated rings. The number of rotatable bonds is 2. The van der Waals surface area contributed by atoms with Gasteiger partial charge >= 0.3 is 0 Å². The Balaban J connectivity index is 2.03. The van der Waals surface area contributed by atoms with Gasteiger partial charge in [0, 0.05) is 18.5 Å². The molecule has 1 saturated heterocycles. The number of nitrogens with zero attached hydrogens (tertiary/aromatic N) is 1. The zero-order valence-electron chi connectivity index (χ0n) is 11.7. The van der Waals surface area contributed by atoms with Gasteiger partial charge in [-0.25, -0.2) is 0 Å². The number of likely N-dealkylation sites (tertiary alicyclic amines) is 1. The fourth-order valence-electron chi connectivity index (χ4n) is 3.20. The van der Waals surface area contributed by atoms with Crippen molar-refractivity contribution in [2.24, 2.45) is 5.73 Å². The molecule has 3 rings (SSSR count). The van der Waals surface area contributed by atoms with Crippen molar-refractivity contribution in [1.29, 1.82) is 0 Å². The Bertz CT molecular complexity index is 507. The minimum Gasteiger partial charge on any atom is -0.331 e. The average Bonchev–Trinajstić information content (AvgIpc) is 3.20. The molecule has 2 aliphatic rings. The van der Waals surface area contributed by atoms with E-state index in [1.54, 1.807) is 0 Å². The lowest BCUT2D eigenvalue weighted by Gasteiger charge is -2.41. The molecule has 3 heteroatoms. The van der Waals surface area contributed by atoms with Crippen molar-refractivity contribution in [2.75, 3.05) is 0 Å². The van der Waals surface area contributed by atoms with Crippen molar-refractivity contribution in [3.8, 4) is 0 Å². The van der Waals surface area contributed by atoms with E-state index in [4.69, 9.17) is 5.73 Å².